The number of ether oxygens (including phenoxy) is 1. The van der Waals surface area contributed by atoms with Crippen molar-refractivity contribution in [2.75, 3.05) is 6.61 Å². The molecule has 112 valence electrons. The number of rotatable bonds is 6. The van der Waals surface area contributed by atoms with Gasteiger partial charge in [0, 0.05) is 10.7 Å². The van der Waals surface area contributed by atoms with Gasteiger partial charge < -0.3 is 4.74 Å². The first-order valence-electron chi connectivity index (χ1n) is 6.66. The standard InChI is InChI=1S/C17H15BrN2O2/c18-15-9-4-10-16(12-15)22-13-17(21)20-19-11-5-8-14-6-2-1-3-7-14/h1-12H,13H2,(H,20,21)/b8-5+,19-11-. The molecule has 0 radical (unpaired) electrons. The van der Waals surface area contributed by atoms with Gasteiger partial charge in [-0.25, -0.2) is 5.43 Å². The zero-order valence-electron chi connectivity index (χ0n) is 11.8. The Bertz CT molecular complexity index is 669. The summed E-state index contributed by atoms with van der Waals surface area (Å²) in [5, 5.41) is 3.82. The largest absolute Gasteiger partial charge is 0.484 e. The van der Waals surface area contributed by atoms with Crippen LogP contribution in [0, 0.1) is 0 Å². The van der Waals surface area contributed by atoms with Gasteiger partial charge in [0.25, 0.3) is 5.91 Å². The van der Waals surface area contributed by atoms with Crippen molar-refractivity contribution >= 4 is 34.1 Å². The Hall–Kier alpha value is -2.40. The molecule has 0 aromatic heterocycles. The van der Waals surface area contributed by atoms with Gasteiger partial charge in [-0.1, -0.05) is 58.4 Å². The van der Waals surface area contributed by atoms with Crippen molar-refractivity contribution in [1.29, 1.82) is 0 Å². The molecule has 0 aliphatic carbocycles. The number of benzene rings is 2. The lowest BCUT2D eigenvalue weighted by molar-refractivity contribution is -0.123. The molecule has 0 bridgehead atoms. The number of carbonyl (C=O) groups is 1. The highest BCUT2D eigenvalue weighted by Gasteiger charge is 2.01. The number of carbonyl (C=O) groups excluding carboxylic acids is 1. The second-order valence-electron chi connectivity index (χ2n) is 4.33. The minimum atomic E-state index is -0.315. The summed E-state index contributed by atoms with van der Waals surface area (Å²) < 4.78 is 6.24. The Morgan fingerprint density at radius 2 is 2.00 bits per heavy atom. The fourth-order valence-corrected chi connectivity index (χ4v) is 1.99. The maximum atomic E-state index is 11.5. The predicted molar refractivity (Wildman–Crippen MR) is 91.7 cm³/mol. The topological polar surface area (TPSA) is 50.7 Å². The first kappa shape index (κ1) is 16.0. The lowest BCUT2D eigenvalue weighted by atomic mass is 10.2. The number of hydrazone groups is 1. The van der Waals surface area contributed by atoms with Crippen LogP contribution in [0.25, 0.3) is 6.08 Å². The van der Waals surface area contributed by atoms with Crippen LogP contribution >= 0.6 is 15.9 Å². The Balaban J connectivity index is 1.71. The van der Waals surface area contributed by atoms with E-state index in [1.54, 1.807) is 18.2 Å². The van der Waals surface area contributed by atoms with Crippen molar-refractivity contribution < 1.29 is 9.53 Å². The molecule has 5 heteroatoms. The number of allylic oxidation sites excluding steroid dienone is 1. The van der Waals surface area contributed by atoms with Gasteiger partial charge in [0.1, 0.15) is 5.75 Å². The minimum absolute atomic E-state index is 0.0871. The molecule has 0 unspecified atom stereocenters. The average molecular weight is 359 g/mol. The van der Waals surface area contributed by atoms with Crippen LogP contribution in [-0.4, -0.2) is 18.7 Å². The fraction of sp³-hybridized carbons (Fsp3) is 0.0588. The number of halogens is 1. The monoisotopic (exact) mass is 358 g/mol. The number of amides is 1. The third-order valence-electron chi connectivity index (χ3n) is 2.60. The van der Waals surface area contributed by atoms with E-state index in [1.807, 2.05) is 48.5 Å². The van der Waals surface area contributed by atoms with E-state index in [0.717, 1.165) is 10.0 Å². The van der Waals surface area contributed by atoms with E-state index in [-0.39, 0.29) is 12.5 Å². The SMILES string of the molecule is O=C(COc1cccc(Br)c1)N/N=C\C=C\c1ccccc1. The van der Waals surface area contributed by atoms with Gasteiger partial charge in [0.05, 0.1) is 0 Å². The molecular weight excluding hydrogens is 344 g/mol. The van der Waals surface area contributed by atoms with Crippen LogP contribution in [-0.2, 0) is 4.79 Å². The molecule has 0 saturated carbocycles. The van der Waals surface area contributed by atoms with Crippen LogP contribution in [0.5, 0.6) is 5.75 Å². The first-order chi connectivity index (χ1) is 10.7. The molecule has 22 heavy (non-hydrogen) atoms. The molecule has 0 atom stereocenters. The normalized spacial score (nSPS) is 11.0. The molecule has 0 heterocycles. The summed E-state index contributed by atoms with van der Waals surface area (Å²) in [6.07, 6.45) is 5.17. The number of nitrogens with one attached hydrogen (secondary N) is 1. The summed E-state index contributed by atoms with van der Waals surface area (Å²) in [6, 6.07) is 17.1. The summed E-state index contributed by atoms with van der Waals surface area (Å²) in [5.74, 6) is 0.307. The number of hydrogen-bond donors (Lipinski definition) is 1. The molecule has 4 nitrogen and oxygen atoms in total. The molecule has 0 aliphatic rings. The number of nitrogens with zero attached hydrogens (tertiary/aromatic N) is 1. The summed E-state index contributed by atoms with van der Waals surface area (Å²) >= 11 is 3.34. The second-order valence-corrected chi connectivity index (χ2v) is 5.24. The second kappa shape index (κ2) is 8.79. The molecule has 0 spiro atoms. The molecule has 0 saturated heterocycles. The van der Waals surface area contributed by atoms with Crippen molar-refractivity contribution in [2.45, 2.75) is 0 Å². The van der Waals surface area contributed by atoms with Gasteiger partial charge in [-0.15, -0.1) is 0 Å². The molecule has 1 amide bonds. The van der Waals surface area contributed by atoms with Crippen LogP contribution in [0.15, 0.2) is 70.2 Å². The summed E-state index contributed by atoms with van der Waals surface area (Å²) in [4.78, 5) is 11.5. The third-order valence-corrected chi connectivity index (χ3v) is 3.10. The van der Waals surface area contributed by atoms with Gasteiger partial charge in [-0.2, -0.15) is 5.10 Å². The maximum absolute atomic E-state index is 11.5. The van der Waals surface area contributed by atoms with Gasteiger partial charge in [-0.05, 0) is 29.8 Å². The third kappa shape index (κ3) is 5.93. The smallest absolute Gasteiger partial charge is 0.277 e. The Kier molecular flexibility index (Phi) is 6.39. The van der Waals surface area contributed by atoms with E-state index in [4.69, 9.17) is 4.74 Å². The van der Waals surface area contributed by atoms with E-state index in [0.29, 0.717) is 5.75 Å². The van der Waals surface area contributed by atoms with E-state index in [1.165, 1.54) is 6.21 Å². The van der Waals surface area contributed by atoms with Crippen LogP contribution in [0.1, 0.15) is 5.56 Å². The van der Waals surface area contributed by atoms with Gasteiger partial charge in [0.2, 0.25) is 0 Å². The van der Waals surface area contributed by atoms with Crippen molar-refractivity contribution in [3.8, 4) is 5.75 Å². The van der Waals surface area contributed by atoms with E-state index < -0.39 is 0 Å². The Morgan fingerprint density at radius 1 is 1.18 bits per heavy atom. The summed E-state index contributed by atoms with van der Waals surface area (Å²) in [5.41, 5.74) is 3.46. The van der Waals surface area contributed by atoms with Gasteiger partial charge in [-0.3, -0.25) is 4.79 Å². The van der Waals surface area contributed by atoms with Gasteiger partial charge >= 0.3 is 0 Å². The highest BCUT2D eigenvalue weighted by molar-refractivity contribution is 9.10. The van der Waals surface area contributed by atoms with Crippen LogP contribution in [0.3, 0.4) is 0 Å². The highest BCUT2D eigenvalue weighted by Crippen LogP contribution is 2.17. The van der Waals surface area contributed by atoms with Gasteiger partial charge in [0.15, 0.2) is 6.61 Å². The zero-order chi connectivity index (χ0) is 15.6. The average Bonchev–Trinajstić information content (AvgIpc) is 2.54. The molecule has 0 fully saturated rings. The van der Waals surface area contributed by atoms with E-state index in [2.05, 4.69) is 26.5 Å². The van der Waals surface area contributed by atoms with Crippen LogP contribution in [0.2, 0.25) is 0 Å². The van der Waals surface area contributed by atoms with Crippen LogP contribution < -0.4 is 10.2 Å². The van der Waals surface area contributed by atoms with Crippen molar-refractivity contribution in [1.82, 2.24) is 5.43 Å². The molecular formula is C17H15BrN2O2. The number of hydrogen-bond acceptors (Lipinski definition) is 3. The Morgan fingerprint density at radius 3 is 2.77 bits per heavy atom. The van der Waals surface area contributed by atoms with Crippen molar-refractivity contribution in [3.63, 3.8) is 0 Å². The van der Waals surface area contributed by atoms with Crippen molar-refractivity contribution in [3.05, 3.63) is 70.7 Å². The van der Waals surface area contributed by atoms with E-state index >= 15 is 0 Å². The summed E-state index contributed by atoms with van der Waals surface area (Å²) in [7, 11) is 0. The van der Waals surface area contributed by atoms with E-state index in [9.17, 15) is 4.79 Å². The Labute approximate surface area is 137 Å². The highest BCUT2D eigenvalue weighted by atomic mass is 79.9. The molecule has 2 aromatic carbocycles. The quantitative estimate of drug-likeness (QED) is 0.632. The molecule has 2 rings (SSSR count). The first-order valence-corrected chi connectivity index (χ1v) is 7.45. The molecule has 1 N–H and O–H groups in total. The minimum Gasteiger partial charge on any atom is -0.484 e. The maximum Gasteiger partial charge on any atom is 0.277 e. The van der Waals surface area contributed by atoms with Crippen LogP contribution in [0.4, 0.5) is 0 Å². The molecule has 0 aliphatic heterocycles. The lowest BCUT2D eigenvalue weighted by Gasteiger charge is -2.04. The fourth-order valence-electron chi connectivity index (χ4n) is 1.61. The predicted octanol–water partition coefficient (Wildman–Crippen LogP) is 3.64. The van der Waals surface area contributed by atoms with Crippen molar-refractivity contribution in [2.24, 2.45) is 5.10 Å². The molecule has 2 aromatic rings. The summed E-state index contributed by atoms with van der Waals surface area (Å²) in [6.45, 7) is -0.0871. The lowest BCUT2D eigenvalue weighted by Crippen LogP contribution is -2.24. The zero-order valence-corrected chi connectivity index (χ0v) is 13.4.